The Bertz CT molecular complexity index is 476. The highest BCUT2D eigenvalue weighted by molar-refractivity contribution is 9.10. The van der Waals surface area contributed by atoms with Crippen molar-refractivity contribution in [3.8, 4) is 0 Å². The minimum atomic E-state index is 0.00655. The summed E-state index contributed by atoms with van der Waals surface area (Å²) in [7, 11) is 0. The van der Waals surface area contributed by atoms with Gasteiger partial charge in [0.1, 0.15) is 0 Å². The number of anilines is 1. The van der Waals surface area contributed by atoms with Gasteiger partial charge >= 0.3 is 0 Å². The van der Waals surface area contributed by atoms with Crippen LogP contribution in [0.5, 0.6) is 0 Å². The molecule has 17 heavy (non-hydrogen) atoms. The first-order valence-electron chi connectivity index (χ1n) is 5.08. The average Bonchev–Trinajstić information content (AvgIpc) is 2.69. The second kappa shape index (κ2) is 5.07. The van der Waals surface area contributed by atoms with Gasteiger partial charge in [0.25, 0.3) is 0 Å². The van der Waals surface area contributed by atoms with E-state index in [4.69, 9.17) is 11.3 Å². The van der Waals surface area contributed by atoms with Crippen LogP contribution in [0.1, 0.15) is 0 Å². The molecule has 1 heterocycles. The van der Waals surface area contributed by atoms with Gasteiger partial charge in [0.15, 0.2) is 5.96 Å². The highest BCUT2D eigenvalue weighted by atomic mass is 79.9. The quantitative estimate of drug-likeness (QED) is 0.526. The minimum Gasteiger partial charge on any atom is -0.370 e. The third-order valence-corrected chi connectivity index (χ3v) is 3.07. The maximum absolute atomic E-state index is 8.35. The first kappa shape index (κ1) is 11.8. The Hall–Kier alpha value is -1.72. The smallest absolute Gasteiger partial charge is 0.196 e. The summed E-state index contributed by atoms with van der Waals surface area (Å²) in [4.78, 5) is 8.83. The van der Waals surface area contributed by atoms with Crippen molar-refractivity contribution in [2.45, 2.75) is 6.04 Å². The molecular formula is C10H11BrN6. The number of nitrogens with two attached hydrogens (primary N) is 1. The molecule has 2 rings (SSSR count). The molecule has 1 unspecified atom stereocenters. The molecule has 1 aromatic carbocycles. The molecule has 1 atom stereocenters. The van der Waals surface area contributed by atoms with Crippen molar-refractivity contribution in [2.75, 3.05) is 18.0 Å². The van der Waals surface area contributed by atoms with Crippen LogP contribution >= 0.6 is 15.9 Å². The van der Waals surface area contributed by atoms with E-state index in [0.29, 0.717) is 19.0 Å². The number of hydrogen-bond acceptors (Lipinski definition) is 4. The van der Waals surface area contributed by atoms with Crippen LogP contribution in [0.15, 0.2) is 38.8 Å². The van der Waals surface area contributed by atoms with Crippen molar-refractivity contribution in [3.63, 3.8) is 0 Å². The molecule has 0 bridgehead atoms. The molecule has 0 radical (unpaired) electrons. The molecule has 0 saturated heterocycles. The first-order valence-corrected chi connectivity index (χ1v) is 5.87. The number of azide groups is 1. The lowest BCUT2D eigenvalue weighted by Gasteiger charge is -2.25. The van der Waals surface area contributed by atoms with E-state index < -0.39 is 0 Å². The van der Waals surface area contributed by atoms with Crippen molar-refractivity contribution in [2.24, 2.45) is 15.8 Å². The second-order valence-corrected chi connectivity index (χ2v) is 4.53. The fourth-order valence-electron chi connectivity index (χ4n) is 1.76. The van der Waals surface area contributed by atoms with Crippen molar-refractivity contribution in [1.82, 2.24) is 0 Å². The summed E-state index contributed by atoms with van der Waals surface area (Å²) in [5.41, 5.74) is 15.1. The number of nitrogens with zero attached hydrogens (tertiary/aromatic N) is 5. The van der Waals surface area contributed by atoms with Gasteiger partial charge in [-0.05, 0) is 29.8 Å². The standard InChI is InChI=1S/C10H11BrN6/c11-7-1-3-8(4-2-7)17-9(6-15-16-13)5-14-10(17)12/h1-4,9H,5-6H2,(H2,12,14). The number of halogens is 1. The molecule has 7 heteroatoms. The van der Waals surface area contributed by atoms with Crippen LogP contribution in [0.3, 0.4) is 0 Å². The lowest BCUT2D eigenvalue weighted by Crippen LogP contribution is -2.42. The Balaban J connectivity index is 2.23. The van der Waals surface area contributed by atoms with E-state index in [-0.39, 0.29) is 6.04 Å². The monoisotopic (exact) mass is 294 g/mol. The topological polar surface area (TPSA) is 90.4 Å². The molecule has 0 amide bonds. The van der Waals surface area contributed by atoms with Gasteiger partial charge in [-0.2, -0.15) is 0 Å². The van der Waals surface area contributed by atoms with Crippen molar-refractivity contribution < 1.29 is 0 Å². The summed E-state index contributed by atoms with van der Waals surface area (Å²) in [6.07, 6.45) is 0. The third-order valence-electron chi connectivity index (χ3n) is 2.54. The lowest BCUT2D eigenvalue weighted by atomic mass is 10.2. The Labute approximate surface area is 107 Å². The van der Waals surface area contributed by atoms with Gasteiger partial charge in [0, 0.05) is 21.6 Å². The average molecular weight is 295 g/mol. The van der Waals surface area contributed by atoms with E-state index in [1.54, 1.807) is 0 Å². The zero-order valence-electron chi connectivity index (χ0n) is 8.99. The highest BCUT2D eigenvalue weighted by Crippen LogP contribution is 2.23. The molecule has 0 saturated carbocycles. The predicted molar refractivity (Wildman–Crippen MR) is 70.9 cm³/mol. The summed E-state index contributed by atoms with van der Waals surface area (Å²) in [6.45, 7) is 0.914. The van der Waals surface area contributed by atoms with Crippen LogP contribution in [0.25, 0.3) is 10.4 Å². The maximum atomic E-state index is 8.35. The zero-order chi connectivity index (χ0) is 12.3. The number of hydrogen-bond donors (Lipinski definition) is 1. The summed E-state index contributed by atoms with van der Waals surface area (Å²) < 4.78 is 1.00. The van der Waals surface area contributed by atoms with Gasteiger partial charge in [-0.1, -0.05) is 21.0 Å². The third kappa shape index (κ3) is 2.51. The van der Waals surface area contributed by atoms with Crippen LogP contribution in [0.4, 0.5) is 5.69 Å². The maximum Gasteiger partial charge on any atom is 0.196 e. The normalized spacial score (nSPS) is 18.8. The largest absolute Gasteiger partial charge is 0.370 e. The van der Waals surface area contributed by atoms with Crippen molar-refractivity contribution in [1.29, 1.82) is 0 Å². The summed E-state index contributed by atoms with van der Waals surface area (Å²) in [6, 6.07) is 7.77. The van der Waals surface area contributed by atoms with E-state index in [2.05, 4.69) is 30.9 Å². The Morgan fingerprint density at radius 1 is 1.53 bits per heavy atom. The zero-order valence-corrected chi connectivity index (χ0v) is 10.6. The van der Waals surface area contributed by atoms with Crippen molar-refractivity contribution >= 4 is 27.6 Å². The van der Waals surface area contributed by atoms with Gasteiger partial charge in [0.05, 0.1) is 12.6 Å². The number of aliphatic imine (C=N–C) groups is 1. The fraction of sp³-hybridized carbons (Fsp3) is 0.300. The minimum absolute atomic E-state index is 0.00655. The van der Waals surface area contributed by atoms with Gasteiger partial charge in [0.2, 0.25) is 0 Å². The van der Waals surface area contributed by atoms with Gasteiger partial charge in [-0.25, -0.2) is 0 Å². The van der Waals surface area contributed by atoms with Crippen LogP contribution in [-0.2, 0) is 0 Å². The Morgan fingerprint density at radius 3 is 2.88 bits per heavy atom. The molecule has 1 aromatic rings. The molecule has 0 fully saturated rings. The van der Waals surface area contributed by atoms with Gasteiger partial charge in [-0.15, -0.1) is 0 Å². The predicted octanol–water partition coefficient (Wildman–Crippen LogP) is 2.26. The Kier molecular flexibility index (Phi) is 3.51. The van der Waals surface area contributed by atoms with Gasteiger partial charge in [-0.3, -0.25) is 4.99 Å². The van der Waals surface area contributed by atoms with E-state index in [1.165, 1.54) is 0 Å². The van der Waals surface area contributed by atoms with Crippen LogP contribution in [0, 0.1) is 0 Å². The summed E-state index contributed by atoms with van der Waals surface area (Å²) in [5, 5.41) is 3.58. The molecular weight excluding hydrogens is 284 g/mol. The van der Waals surface area contributed by atoms with E-state index in [1.807, 2.05) is 29.2 Å². The van der Waals surface area contributed by atoms with Crippen molar-refractivity contribution in [3.05, 3.63) is 39.2 Å². The molecule has 0 spiro atoms. The van der Waals surface area contributed by atoms with E-state index >= 15 is 0 Å². The van der Waals surface area contributed by atoms with Crippen LogP contribution in [-0.4, -0.2) is 25.1 Å². The summed E-state index contributed by atoms with van der Waals surface area (Å²) in [5.74, 6) is 0.463. The van der Waals surface area contributed by atoms with E-state index in [9.17, 15) is 0 Å². The van der Waals surface area contributed by atoms with Crippen LogP contribution in [0.2, 0.25) is 0 Å². The van der Waals surface area contributed by atoms with E-state index in [0.717, 1.165) is 10.2 Å². The molecule has 1 aliphatic heterocycles. The molecule has 6 nitrogen and oxygen atoms in total. The highest BCUT2D eigenvalue weighted by Gasteiger charge is 2.26. The lowest BCUT2D eigenvalue weighted by molar-refractivity contribution is 0.715. The number of guanidine groups is 1. The molecule has 0 aromatic heterocycles. The van der Waals surface area contributed by atoms with Crippen LogP contribution < -0.4 is 10.6 Å². The number of benzene rings is 1. The molecule has 88 valence electrons. The fourth-order valence-corrected chi connectivity index (χ4v) is 2.02. The molecule has 1 aliphatic rings. The number of rotatable bonds is 3. The first-order chi connectivity index (χ1) is 8.22. The Morgan fingerprint density at radius 2 is 2.24 bits per heavy atom. The SMILES string of the molecule is [N-]=[N+]=NCC1CN=C(N)N1c1ccc(Br)cc1. The molecule has 2 N–H and O–H groups in total. The molecule has 0 aliphatic carbocycles. The summed E-state index contributed by atoms with van der Waals surface area (Å²) >= 11 is 3.38. The second-order valence-electron chi connectivity index (χ2n) is 3.61. The van der Waals surface area contributed by atoms with Gasteiger partial charge < -0.3 is 10.6 Å².